The molecule has 5 aliphatic rings. The Kier molecular flexibility index (Phi) is 12.7. The first-order valence-corrected chi connectivity index (χ1v) is 24.4. The lowest BCUT2D eigenvalue weighted by atomic mass is 9.34. The van der Waals surface area contributed by atoms with Gasteiger partial charge in [-0.2, -0.15) is 4.31 Å². The lowest BCUT2D eigenvalue weighted by molar-refractivity contribution is -0.272. The molecule has 9 heteroatoms. The fourth-order valence-corrected chi connectivity index (χ4v) is 15.3. The van der Waals surface area contributed by atoms with Gasteiger partial charge in [-0.3, -0.25) is 4.79 Å². The molecule has 334 valence electrons. The van der Waals surface area contributed by atoms with Crippen LogP contribution in [0.3, 0.4) is 0 Å². The van der Waals surface area contributed by atoms with Crippen LogP contribution < -0.4 is 0 Å². The second-order valence-corrected chi connectivity index (χ2v) is 24.5. The number of methoxy groups -OCH3 is 1. The minimum absolute atomic E-state index is 0.0100. The lowest BCUT2D eigenvalue weighted by Gasteiger charge is -2.71. The van der Waals surface area contributed by atoms with Gasteiger partial charge in [0.25, 0.3) is 0 Å². The third-order valence-electron chi connectivity index (χ3n) is 18.6. The van der Waals surface area contributed by atoms with E-state index in [1.54, 1.807) is 23.5 Å². The summed E-state index contributed by atoms with van der Waals surface area (Å²) in [6, 6.07) is 7.10. The number of hydrogen-bond acceptors (Lipinski definition) is 7. The Morgan fingerprint density at radius 2 is 1.64 bits per heavy atom. The summed E-state index contributed by atoms with van der Waals surface area (Å²) in [6.07, 6.45) is 9.81. The number of rotatable bonds is 13. The number of esters is 1. The van der Waals surface area contributed by atoms with Crippen molar-refractivity contribution in [3.05, 3.63) is 41.5 Å². The number of ether oxygens (including phenoxy) is 4. The van der Waals surface area contributed by atoms with Crippen molar-refractivity contribution >= 4 is 16.0 Å². The second-order valence-electron chi connectivity index (χ2n) is 22.5. The monoisotopic (exact) mass is 840 g/mol. The fraction of sp³-hybridized carbons (Fsp3) is 0.820. The lowest BCUT2D eigenvalue weighted by Crippen LogP contribution is -2.70. The van der Waals surface area contributed by atoms with Crippen molar-refractivity contribution in [3.63, 3.8) is 0 Å². The van der Waals surface area contributed by atoms with Crippen molar-refractivity contribution in [2.75, 3.05) is 40.6 Å². The van der Waals surface area contributed by atoms with Crippen LogP contribution in [0.15, 0.2) is 40.8 Å². The Morgan fingerprint density at radius 1 is 0.983 bits per heavy atom. The summed E-state index contributed by atoms with van der Waals surface area (Å²) in [5, 5.41) is 0. The van der Waals surface area contributed by atoms with Crippen LogP contribution in [0.25, 0.3) is 0 Å². The van der Waals surface area contributed by atoms with E-state index in [-0.39, 0.29) is 62.7 Å². The molecule has 1 aromatic carbocycles. The van der Waals surface area contributed by atoms with Gasteiger partial charge in [-0.1, -0.05) is 112 Å². The van der Waals surface area contributed by atoms with E-state index in [4.69, 9.17) is 18.9 Å². The van der Waals surface area contributed by atoms with Gasteiger partial charge in [0.05, 0.1) is 55.0 Å². The van der Waals surface area contributed by atoms with Crippen LogP contribution in [-0.2, 0) is 33.8 Å². The van der Waals surface area contributed by atoms with Gasteiger partial charge >= 0.3 is 5.97 Å². The highest BCUT2D eigenvalue weighted by Gasteiger charge is 2.72. The van der Waals surface area contributed by atoms with Crippen LogP contribution in [0.1, 0.15) is 140 Å². The van der Waals surface area contributed by atoms with E-state index in [2.05, 4.69) is 82.2 Å². The molecule has 1 saturated heterocycles. The zero-order valence-corrected chi connectivity index (χ0v) is 40.4. The molecule has 0 radical (unpaired) electrons. The molecule has 1 aromatic rings. The quantitative estimate of drug-likeness (QED) is 0.111. The Bertz CT molecular complexity index is 1840. The van der Waals surface area contributed by atoms with Gasteiger partial charge < -0.3 is 18.9 Å². The number of benzene rings is 1. The van der Waals surface area contributed by atoms with E-state index in [0.29, 0.717) is 43.5 Å². The maximum absolute atomic E-state index is 14.6. The Hall–Kier alpha value is -1.78. The zero-order chi connectivity index (χ0) is 43.8. The van der Waals surface area contributed by atoms with Crippen molar-refractivity contribution in [1.29, 1.82) is 0 Å². The van der Waals surface area contributed by atoms with Gasteiger partial charge in [0.2, 0.25) is 10.0 Å². The van der Waals surface area contributed by atoms with E-state index in [1.165, 1.54) is 5.57 Å². The molecule has 2 bridgehead atoms. The number of fused-ring (bicyclic) bond motifs is 3. The van der Waals surface area contributed by atoms with Crippen LogP contribution in [-0.4, -0.2) is 77.0 Å². The van der Waals surface area contributed by atoms with Crippen LogP contribution in [0.4, 0.5) is 0 Å². The number of likely N-dealkylation sites (N-methyl/N-ethyl adjacent to an activating group) is 1. The fourth-order valence-electron chi connectivity index (χ4n) is 13.6. The van der Waals surface area contributed by atoms with Crippen LogP contribution in [0.5, 0.6) is 0 Å². The molecule has 0 spiro atoms. The average Bonchev–Trinajstić information content (AvgIpc) is 3.16. The third kappa shape index (κ3) is 7.13. The molecule has 1 heterocycles. The second kappa shape index (κ2) is 16.1. The molecule has 12 atom stereocenters. The SMILES string of the molecule is CCCCOC(=O)[C@@H]1[C@@](C)([C@H](C)C(C)C)CC[C@]2(C)[C@H]3CC[C@@H]4[C@@]5(COC[C@]4(C)[C@@H](OC[C@](C)(N(C)S(=O)(=O)c4ccc(C)cc4)C(C)(C)C)[C@H](OC)C5)C3=CC[C@@]12C. The van der Waals surface area contributed by atoms with Gasteiger partial charge in [0.15, 0.2) is 0 Å². The first kappa shape index (κ1) is 46.7. The standard InChI is InChI=1S/C50H81NO7S/c1-16-17-28-57-43(52)41-45(9,35(5)33(2)3)26-27-47(11)37-22-23-40-46(10)30-56-32-50(40,38(37)24-25-48(41,47)12)29-39(55-15)42(46)58-31-49(13,44(6,7)8)51(14)59(53,54)36-20-18-34(4)19-21-36/h18-21,24,33,35,37,39-42H,16-17,22-23,25-32H2,1-15H3/t35-,37+,39-,40+,41-,42+,45-,46+,47-,48+,49+,50+/m1/s1. The zero-order valence-electron chi connectivity index (χ0n) is 39.6. The van der Waals surface area contributed by atoms with Crippen molar-refractivity contribution in [1.82, 2.24) is 4.31 Å². The van der Waals surface area contributed by atoms with Crippen LogP contribution in [0, 0.1) is 69.0 Å². The molecular weight excluding hydrogens is 759 g/mol. The molecule has 4 fully saturated rings. The van der Waals surface area contributed by atoms with E-state index >= 15 is 0 Å². The highest BCUT2D eigenvalue weighted by molar-refractivity contribution is 7.89. The maximum atomic E-state index is 14.6. The summed E-state index contributed by atoms with van der Waals surface area (Å²) >= 11 is 0. The molecule has 0 aromatic heterocycles. The van der Waals surface area contributed by atoms with E-state index < -0.39 is 21.0 Å². The van der Waals surface area contributed by atoms with Gasteiger partial charge in [-0.15, -0.1) is 0 Å². The molecule has 59 heavy (non-hydrogen) atoms. The number of aryl methyl sites for hydroxylation is 1. The van der Waals surface area contributed by atoms with Crippen molar-refractivity contribution in [2.45, 2.75) is 164 Å². The summed E-state index contributed by atoms with van der Waals surface area (Å²) in [7, 11) is -0.310. The summed E-state index contributed by atoms with van der Waals surface area (Å²) < 4.78 is 56.7. The molecule has 0 N–H and O–H groups in total. The predicted molar refractivity (Wildman–Crippen MR) is 236 cm³/mol. The first-order chi connectivity index (χ1) is 27.4. The molecule has 0 unspecified atom stereocenters. The predicted octanol–water partition coefficient (Wildman–Crippen LogP) is 10.7. The minimum Gasteiger partial charge on any atom is -0.465 e. The average molecular weight is 840 g/mol. The van der Waals surface area contributed by atoms with Gasteiger partial charge in [-0.05, 0) is 116 Å². The number of nitrogens with zero attached hydrogens (tertiary/aromatic N) is 1. The first-order valence-electron chi connectivity index (χ1n) is 23.0. The van der Waals surface area contributed by atoms with Gasteiger partial charge in [0, 0.05) is 25.0 Å². The number of hydrogen-bond donors (Lipinski definition) is 0. The molecular formula is C50H81NO7S. The summed E-state index contributed by atoms with van der Waals surface area (Å²) in [6.45, 7) is 31.1. The molecule has 3 saturated carbocycles. The number of unbranched alkanes of at least 4 members (excludes halogenated alkanes) is 1. The smallest absolute Gasteiger partial charge is 0.310 e. The largest absolute Gasteiger partial charge is 0.465 e. The number of carbonyl (C=O) groups is 1. The molecule has 1 aliphatic heterocycles. The number of carbonyl (C=O) groups excluding carboxylic acids is 1. The summed E-state index contributed by atoms with van der Waals surface area (Å²) in [4.78, 5) is 14.9. The number of sulfonamides is 1. The maximum Gasteiger partial charge on any atom is 0.310 e. The van der Waals surface area contributed by atoms with Crippen molar-refractivity contribution in [2.24, 2.45) is 62.1 Å². The Labute approximate surface area is 359 Å². The van der Waals surface area contributed by atoms with E-state index in [1.807, 2.05) is 33.1 Å². The molecule has 6 rings (SSSR count). The van der Waals surface area contributed by atoms with Crippen LogP contribution >= 0.6 is 0 Å². The van der Waals surface area contributed by atoms with Gasteiger partial charge in [0.1, 0.15) is 0 Å². The molecule has 4 aliphatic carbocycles. The van der Waals surface area contributed by atoms with Crippen LogP contribution in [0.2, 0.25) is 0 Å². The van der Waals surface area contributed by atoms with Crippen molar-refractivity contribution in [3.8, 4) is 0 Å². The van der Waals surface area contributed by atoms with Crippen molar-refractivity contribution < 1.29 is 32.2 Å². The Balaban J connectivity index is 1.35. The molecule has 8 nitrogen and oxygen atoms in total. The topological polar surface area (TPSA) is 91.4 Å². The molecule has 0 amide bonds. The number of allylic oxidation sites excluding steroid dienone is 1. The highest BCUT2D eigenvalue weighted by Crippen LogP contribution is 2.75. The summed E-state index contributed by atoms with van der Waals surface area (Å²) in [5.41, 5.74) is 0.132. The normalized spacial score (nSPS) is 38.7. The van der Waals surface area contributed by atoms with E-state index in [9.17, 15) is 13.2 Å². The van der Waals surface area contributed by atoms with Gasteiger partial charge in [-0.25, -0.2) is 8.42 Å². The van der Waals surface area contributed by atoms with E-state index in [0.717, 1.165) is 56.9 Å². The highest BCUT2D eigenvalue weighted by atomic mass is 32.2. The summed E-state index contributed by atoms with van der Waals surface area (Å²) in [5.74, 6) is 1.30. The third-order valence-corrected chi connectivity index (χ3v) is 20.6. The Morgan fingerprint density at radius 3 is 2.24 bits per heavy atom. The minimum atomic E-state index is -3.83.